The van der Waals surface area contributed by atoms with Crippen molar-refractivity contribution >= 4 is 29.2 Å². The van der Waals surface area contributed by atoms with Crippen LogP contribution in [0.3, 0.4) is 0 Å². The number of benzene rings is 3. The number of para-hydroxylation sites is 2. The number of esters is 1. The summed E-state index contributed by atoms with van der Waals surface area (Å²) in [5.41, 5.74) is 9.42. The average molecular weight is 590 g/mol. The summed E-state index contributed by atoms with van der Waals surface area (Å²) < 4.78 is 21.7. The Hall–Kier alpha value is -4.71. The first-order chi connectivity index (χ1) is 20.9. The molecule has 1 heterocycles. The van der Waals surface area contributed by atoms with Crippen molar-refractivity contribution < 1.29 is 38.4 Å². The van der Waals surface area contributed by atoms with E-state index in [1.807, 2.05) is 0 Å². The van der Waals surface area contributed by atoms with Crippen molar-refractivity contribution in [3.63, 3.8) is 0 Å². The molecule has 2 atom stereocenters. The number of rotatable bonds is 13. The van der Waals surface area contributed by atoms with E-state index < -0.39 is 18.2 Å². The summed E-state index contributed by atoms with van der Waals surface area (Å²) in [6, 6.07) is 20.8. The molecule has 0 aromatic heterocycles. The third kappa shape index (κ3) is 8.89. The van der Waals surface area contributed by atoms with Crippen LogP contribution in [0.4, 0.5) is 11.4 Å². The second-order valence-corrected chi connectivity index (χ2v) is 9.66. The molecule has 11 nitrogen and oxygen atoms in total. The van der Waals surface area contributed by atoms with Crippen LogP contribution in [0.25, 0.3) is 0 Å². The maximum absolute atomic E-state index is 13.2. The number of nitrogens with two attached hydrogens (primary N) is 1. The molecule has 0 saturated heterocycles. The van der Waals surface area contributed by atoms with Crippen molar-refractivity contribution in [1.29, 1.82) is 0 Å². The number of hydrogen-bond acceptors (Lipinski definition) is 9. The molecule has 11 heteroatoms. The van der Waals surface area contributed by atoms with Gasteiger partial charge in [0.25, 0.3) is 11.8 Å². The zero-order valence-electron chi connectivity index (χ0n) is 23.8. The van der Waals surface area contributed by atoms with E-state index >= 15 is 0 Å². The summed E-state index contributed by atoms with van der Waals surface area (Å²) in [5, 5.41) is 14.5. The molecular formula is C32H35N3O8. The second kappa shape index (κ2) is 15.5. The molecule has 2 unspecified atom stereocenters. The highest BCUT2D eigenvalue weighted by Gasteiger charge is 2.29. The maximum Gasteiger partial charge on any atom is 0.337 e. The average Bonchev–Trinajstić information content (AvgIpc) is 3.04. The van der Waals surface area contributed by atoms with Gasteiger partial charge in [-0.25, -0.2) is 4.79 Å². The van der Waals surface area contributed by atoms with Crippen LogP contribution in [-0.2, 0) is 30.3 Å². The number of ether oxygens (including phenoxy) is 4. The molecule has 2 amide bonds. The highest BCUT2D eigenvalue weighted by atomic mass is 16.7. The van der Waals surface area contributed by atoms with Gasteiger partial charge >= 0.3 is 5.97 Å². The lowest BCUT2D eigenvalue weighted by molar-refractivity contribution is -0.151. The van der Waals surface area contributed by atoms with Crippen molar-refractivity contribution in [1.82, 2.24) is 5.32 Å². The van der Waals surface area contributed by atoms with Crippen molar-refractivity contribution in [2.45, 2.75) is 25.2 Å². The number of aliphatic hydroxyl groups is 1. The number of hydrogen-bond donors (Lipinski definition) is 4. The molecule has 0 saturated carbocycles. The SMILES string of the molecule is COC(=O)c1ccc(C2C=C(C(=O)NCc3ccc(C(=O)Nc4ccccc4N)cc3)OC(OCCOCCO)C2)cc1. The van der Waals surface area contributed by atoms with Gasteiger partial charge in [-0.2, -0.15) is 0 Å². The minimum atomic E-state index is -0.717. The van der Waals surface area contributed by atoms with E-state index in [0.717, 1.165) is 11.1 Å². The zero-order valence-corrected chi connectivity index (χ0v) is 23.8. The Labute approximate surface area is 249 Å². The van der Waals surface area contributed by atoms with E-state index in [-0.39, 0.29) is 50.6 Å². The number of carbonyl (C=O) groups excluding carboxylic acids is 3. The van der Waals surface area contributed by atoms with Gasteiger partial charge in [0.2, 0.25) is 6.29 Å². The number of carbonyl (C=O) groups is 3. The van der Waals surface area contributed by atoms with Gasteiger partial charge in [-0.15, -0.1) is 0 Å². The Morgan fingerprint density at radius 2 is 1.65 bits per heavy atom. The van der Waals surface area contributed by atoms with Gasteiger partial charge in [0.15, 0.2) is 5.76 Å². The van der Waals surface area contributed by atoms with E-state index in [9.17, 15) is 14.4 Å². The molecule has 226 valence electrons. The lowest BCUT2D eigenvalue weighted by Gasteiger charge is -2.29. The molecule has 3 aromatic rings. The smallest absolute Gasteiger partial charge is 0.337 e. The predicted molar refractivity (Wildman–Crippen MR) is 159 cm³/mol. The third-order valence-electron chi connectivity index (χ3n) is 6.69. The maximum atomic E-state index is 13.2. The predicted octanol–water partition coefficient (Wildman–Crippen LogP) is 3.36. The first-order valence-corrected chi connectivity index (χ1v) is 13.8. The molecule has 5 N–H and O–H groups in total. The number of nitrogen functional groups attached to an aromatic ring is 1. The van der Waals surface area contributed by atoms with Crippen molar-refractivity contribution in [3.8, 4) is 0 Å². The first-order valence-electron chi connectivity index (χ1n) is 13.8. The minimum absolute atomic E-state index is 0.0879. The van der Waals surface area contributed by atoms with Gasteiger partial charge in [-0.3, -0.25) is 9.59 Å². The Morgan fingerprint density at radius 1 is 0.930 bits per heavy atom. The molecule has 0 radical (unpaired) electrons. The second-order valence-electron chi connectivity index (χ2n) is 9.66. The van der Waals surface area contributed by atoms with Crippen LogP contribution in [-0.4, -0.2) is 62.7 Å². The summed E-state index contributed by atoms with van der Waals surface area (Å²) in [4.78, 5) is 37.6. The van der Waals surface area contributed by atoms with Crippen LogP contribution in [0.5, 0.6) is 0 Å². The summed E-state index contributed by atoms with van der Waals surface area (Å²) in [5.74, 6) is -1.28. The van der Waals surface area contributed by atoms with Crippen LogP contribution < -0.4 is 16.4 Å². The summed E-state index contributed by atoms with van der Waals surface area (Å²) >= 11 is 0. The molecule has 0 spiro atoms. The van der Waals surface area contributed by atoms with Gasteiger partial charge in [0, 0.05) is 24.4 Å². The first kappa shape index (κ1) is 31.2. The van der Waals surface area contributed by atoms with Crippen LogP contribution >= 0.6 is 0 Å². The fourth-order valence-corrected chi connectivity index (χ4v) is 4.39. The topological polar surface area (TPSA) is 158 Å². The van der Waals surface area contributed by atoms with Crippen molar-refractivity contribution in [3.05, 3.63) is 107 Å². The van der Waals surface area contributed by atoms with E-state index in [1.54, 1.807) is 78.9 Å². The Morgan fingerprint density at radius 3 is 2.35 bits per heavy atom. The lowest BCUT2D eigenvalue weighted by Crippen LogP contribution is -2.33. The molecule has 0 fully saturated rings. The highest BCUT2D eigenvalue weighted by molar-refractivity contribution is 6.05. The van der Waals surface area contributed by atoms with E-state index in [4.69, 9.17) is 29.8 Å². The van der Waals surface area contributed by atoms with E-state index in [2.05, 4.69) is 10.6 Å². The number of amides is 2. The molecule has 0 aliphatic carbocycles. The number of methoxy groups -OCH3 is 1. The lowest BCUT2D eigenvalue weighted by atomic mass is 9.92. The Kier molecular flexibility index (Phi) is 11.3. The fraction of sp³-hybridized carbons (Fsp3) is 0.281. The van der Waals surface area contributed by atoms with Crippen molar-refractivity contribution in [2.24, 2.45) is 0 Å². The Bertz CT molecular complexity index is 1420. The van der Waals surface area contributed by atoms with Crippen LogP contribution in [0.2, 0.25) is 0 Å². The van der Waals surface area contributed by atoms with Gasteiger partial charge < -0.3 is 40.4 Å². The Balaban J connectivity index is 1.39. The molecule has 3 aromatic carbocycles. The third-order valence-corrected chi connectivity index (χ3v) is 6.69. The molecule has 1 aliphatic rings. The number of anilines is 2. The quantitative estimate of drug-likeness (QED) is 0.133. The van der Waals surface area contributed by atoms with Gasteiger partial charge in [-0.1, -0.05) is 36.4 Å². The minimum Gasteiger partial charge on any atom is -0.465 e. The van der Waals surface area contributed by atoms with Gasteiger partial charge in [-0.05, 0) is 53.6 Å². The zero-order chi connectivity index (χ0) is 30.6. The summed E-state index contributed by atoms with van der Waals surface area (Å²) in [6.07, 6.45) is 1.45. The number of aliphatic hydroxyl groups excluding tert-OH is 1. The molecule has 43 heavy (non-hydrogen) atoms. The molecule has 0 bridgehead atoms. The summed E-state index contributed by atoms with van der Waals surface area (Å²) in [6.45, 7) is 0.785. The molecule has 1 aliphatic heterocycles. The van der Waals surface area contributed by atoms with Gasteiger partial charge in [0.1, 0.15) is 0 Å². The van der Waals surface area contributed by atoms with Crippen LogP contribution in [0.15, 0.2) is 84.6 Å². The van der Waals surface area contributed by atoms with Gasteiger partial charge in [0.05, 0.1) is 50.5 Å². The number of nitrogens with one attached hydrogen (secondary N) is 2. The van der Waals surface area contributed by atoms with E-state index in [1.165, 1.54) is 7.11 Å². The van der Waals surface area contributed by atoms with E-state index in [0.29, 0.717) is 28.9 Å². The van der Waals surface area contributed by atoms with Crippen LogP contribution in [0.1, 0.15) is 44.2 Å². The molecular weight excluding hydrogens is 554 g/mol. The normalized spacial score (nSPS) is 16.0. The number of allylic oxidation sites excluding steroid dienone is 1. The van der Waals surface area contributed by atoms with Crippen LogP contribution in [0, 0.1) is 0 Å². The highest BCUT2D eigenvalue weighted by Crippen LogP contribution is 2.32. The monoisotopic (exact) mass is 589 g/mol. The largest absolute Gasteiger partial charge is 0.465 e. The standard InChI is InChI=1S/C32H35N3O8/c1-40-32(39)24-12-10-22(11-13-24)25-18-28(43-29(19-25)42-17-16-41-15-14-36)31(38)34-20-21-6-8-23(9-7-21)30(37)35-27-5-3-2-4-26(27)33/h2-13,18,25,29,36H,14-17,19-20,33H2,1H3,(H,34,38)(H,35,37). The van der Waals surface area contributed by atoms with Crippen molar-refractivity contribution in [2.75, 3.05) is 44.6 Å². The summed E-state index contributed by atoms with van der Waals surface area (Å²) in [7, 11) is 1.32. The fourth-order valence-electron chi connectivity index (χ4n) is 4.39. The molecule has 4 rings (SSSR count).